The van der Waals surface area contributed by atoms with E-state index in [1.165, 1.54) is 77.3 Å². The minimum Gasteiger partial charge on any atom is -0.456 e. The Morgan fingerprint density at radius 1 is 0.374 bits per heavy atom. The van der Waals surface area contributed by atoms with Crippen molar-refractivity contribution in [3.63, 3.8) is 0 Å². The monoisotopic (exact) mass is 1170 g/mol. The van der Waals surface area contributed by atoms with Crippen molar-refractivity contribution in [3.8, 4) is 61.3 Å². The van der Waals surface area contributed by atoms with Crippen molar-refractivity contribution in [2.24, 2.45) is 0 Å². The van der Waals surface area contributed by atoms with Crippen LogP contribution in [0.25, 0.3) is 105 Å². The Morgan fingerprint density at radius 2 is 0.868 bits per heavy atom. The number of nitrogens with zero attached hydrogens (tertiary/aromatic N) is 3. The van der Waals surface area contributed by atoms with Gasteiger partial charge in [-0.1, -0.05) is 259 Å². The van der Waals surface area contributed by atoms with Crippen LogP contribution in [0.5, 0.6) is 0 Å². The predicted octanol–water partition coefficient (Wildman–Crippen LogP) is 21.7. The number of aryl methyl sites for hydroxylation is 1. The van der Waals surface area contributed by atoms with Gasteiger partial charge in [0.15, 0.2) is 0 Å². The maximum atomic E-state index is 7.24. The number of fused-ring (bicyclic) bond motifs is 10. The van der Waals surface area contributed by atoms with Crippen LogP contribution in [0.3, 0.4) is 0 Å². The van der Waals surface area contributed by atoms with Crippen molar-refractivity contribution in [2.45, 2.75) is 52.4 Å². The maximum absolute atomic E-state index is 7.24. The number of anilines is 6. The fourth-order valence-electron chi connectivity index (χ4n) is 15.0. The van der Waals surface area contributed by atoms with Crippen LogP contribution in [0.1, 0.15) is 51.7 Å². The average molecular weight is 1170 g/mol. The molecule has 17 rings (SSSR count). The van der Waals surface area contributed by atoms with Gasteiger partial charge in [0, 0.05) is 72.2 Å². The van der Waals surface area contributed by atoms with Gasteiger partial charge in [0.2, 0.25) is 0 Å². The number of hydrogen-bond donors (Lipinski definition) is 0. The number of rotatable bonds is 11. The fourth-order valence-corrected chi connectivity index (χ4v) is 15.0. The van der Waals surface area contributed by atoms with E-state index in [2.05, 4.69) is 333 Å². The number of unbranched alkanes of at least 4 members (excludes halogenated alkanes) is 1. The lowest BCUT2D eigenvalue weighted by atomic mass is 9.33. The number of hydrogen-bond acceptors (Lipinski definition) is 3. The predicted molar refractivity (Wildman–Crippen MR) is 387 cm³/mol. The molecule has 5 heteroatoms. The van der Waals surface area contributed by atoms with Crippen molar-refractivity contribution in [1.82, 2.24) is 4.57 Å². The standard InChI is InChI=1S/C86H66BN3O/c1-5-6-38-68-83(71(60-36-20-11-21-37-60)55-72-67-41-24-27-44-81(67)91-85(68)72)89-77-48-45-61(56-28-12-7-13-29-56)51-74(77)87-73-47-46-64(88-75-42-25-22-39-65(75)66-40-23-26-43-76(66)88)54-78(73)90(80-53-63(86(2,3)4)52-79(89)82(80)87)84-69(58-32-16-9-17-33-58)49-62(57-30-14-8-15-31-57)50-70(84)59-34-18-10-19-35-59/h7-37,39-55H,5-6,38H2,1-4H3. The highest BCUT2D eigenvalue weighted by atomic mass is 16.3. The topological polar surface area (TPSA) is 24.6 Å². The molecule has 4 nitrogen and oxygen atoms in total. The summed E-state index contributed by atoms with van der Waals surface area (Å²) >= 11 is 0. The van der Waals surface area contributed by atoms with Crippen LogP contribution in [0.2, 0.25) is 0 Å². The minimum atomic E-state index is -0.293. The number of furan rings is 1. The molecule has 0 N–H and O–H groups in total. The fraction of sp³-hybridized carbons (Fsp3) is 0.0930. The van der Waals surface area contributed by atoms with Gasteiger partial charge in [-0.15, -0.1) is 0 Å². The van der Waals surface area contributed by atoms with Crippen LogP contribution < -0.4 is 26.2 Å². The highest BCUT2D eigenvalue weighted by Gasteiger charge is 2.46. The molecule has 0 radical (unpaired) electrons. The molecule has 0 atom stereocenters. The molecule has 0 saturated heterocycles. The van der Waals surface area contributed by atoms with Crippen LogP contribution in [-0.2, 0) is 11.8 Å². The first-order valence-corrected chi connectivity index (χ1v) is 32.2. The van der Waals surface area contributed by atoms with E-state index < -0.39 is 0 Å². The normalized spacial score (nSPS) is 12.7. The smallest absolute Gasteiger partial charge is 0.252 e. The first-order valence-electron chi connectivity index (χ1n) is 32.2. The second-order valence-electron chi connectivity index (χ2n) is 25.7. The van der Waals surface area contributed by atoms with Crippen molar-refractivity contribution < 1.29 is 4.42 Å². The Kier molecular flexibility index (Phi) is 13.0. The zero-order chi connectivity index (χ0) is 60.9. The van der Waals surface area contributed by atoms with Crippen LogP contribution in [-0.4, -0.2) is 11.3 Å². The van der Waals surface area contributed by atoms with Gasteiger partial charge in [0.25, 0.3) is 6.71 Å². The number of aromatic nitrogens is 1. The van der Waals surface area contributed by atoms with Crippen LogP contribution in [0, 0.1) is 0 Å². The van der Waals surface area contributed by atoms with Gasteiger partial charge >= 0.3 is 0 Å². The third kappa shape index (κ3) is 8.89. The molecule has 0 aliphatic carbocycles. The quantitative estimate of drug-likeness (QED) is 0.121. The zero-order valence-electron chi connectivity index (χ0n) is 51.7. The van der Waals surface area contributed by atoms with E-state index in [0.29, 0.717) is 0 Å². The summed E-state index contributed by atoms with van der Waals surface area (Å²) in [6.45, 7) is 9.26. The minimum absolute atomic E-state index is 0.203. The molecular weight excluding hydrogens is 1100 g/mol. The Hall–Kier alpha value is -10.9. The van der Waals surface area contributed by atoms with Gasteiger partial charge in [0.1, 0.15) is 11.2 Å². The summed E-state index contributed by atoms with van der Waals surface area (Å²) in [5.41, 5.74) is 29.7. The second kappa shape index (κ2) is 21.7. The summed E-state index contributed by atoms with van der Waals surface area (Å²) in [5.74, 6) is 0. The lowest BCUT2D eigenvalue weighted by molar-refractivity contribution is 0.590. The van der Waals surface area contributed by atoms with E-state index in [4.69, 9.17) is 4.42 Å². The van der Waals surface area contributed by atoms with Crippen molar-refractivity contribution in [3.05, 3.63) is 302 Å². The summed E-state index contributed by atoms with van der Waals surface area (Å²) in [4.78, 5) is 5.40. The van der Waals surface area contributed by atoms with Crippen molar-refractivity contribution in [2.75, 3.05) is 9.80 Å². The van der Waals surface area contributed by atoms with Gasteiger partial charge in [-0.05, 0) is 146 Å². The van der Waals surface area contributed by atoms with E-state index in [1.807, 2.05) is 0 Å². The van der Waals surface area contributed by atoms with E-state index in [1.54, 1.807) is 0 Å². The largest absolute Gasteiger partial charge is 0.456 e. The molecule has 2 aliphatic heterocycles. The number of benzene rings is 13. The lowest BCUT2D eigenvalue weighted by Crippen LogP contribution is -2.61. The Balaban J connectivity index is 1.06. The van der Waals surface area contributed by atoms with E-state index in [-0.39, 0.29) is 12.1 Å². The summed E-state index contributed by atoms with van der Waals surface area (Å²) < 4.78 is 9.73. The maximum Gasteiger partial charge on any atom is 0.252 e. The summed E-state index contributed by atoms with van der Waals surface area (Å²) in [6, 6.07) is 109. The Morgan fingerprint density at radius 3 is 1.43 bits per heavy atom. The molecule has 0 saturated carbocycles. The van der Waals surface area contributed by atoms with Crippen molar-refractivity contribution in [1.29, 1.82) is 0 Å². The highest BCUT2D eigenvalue weighted by molar-refractivity contribution is 7.00. The first kappa shape index (κ1) is 54.3. The molecule has 13 aromatic carbocycles. The van der Waals surface area contributed by atoms with Gasteiger partial charge in [-0.25, -0.2) is 0 Å². The third-order valence-electron chi connectivity index (χ3n) is 19.3. The molecule has 2 aromatic heterocycles. The molecule has 0 unspecified atom stereocenters. The number of para-hydroxylation sites is 3. The molecule has 0 bridgehead atoms. The molecule has 15 aromatic rings. The molecular formula is C86H66BN3O. The van der Waals surface area contributed by atoms with Crippen LogP contribution in [0.4, 0.5) is 34.1 Å². The summed E-state index contributed by atoms with van der Waals surface area (Å²) in [6.07, 6.45) is 2.85. The third-order valence-corrected chi connectivity index (χ3v) is 19.3. The Labute approximate surface area is 532 Å². The van der Waals surface area contributed by atoms with Crippen LogP contribution in [0.15, 0.2) is 296 Å². The summed E-state index contributed by atoms with van der Waals surface area (Å²) in [7, 11) is 0. The summed E-state index contributed by atoms with van der Waals surface area (Å²) in [5, 5.41) is 4.74. The molecule has 434 valence electrons. The van der Waals surface area contributed by atoms with E-state index in [9.17, 15) is 0 Å². The average Bonchev–Trinajstić information content (AvgIpc) is 0.915. The van der Waals surface area contributed by atoms with Crippen LogP contribution >= 0.6 is 0 Å². The molecule has 0 spiro atoms. The second-order valence-corrected chi connectivity index (χ2v) is 25.7. The highest BCUT2D eigenvalue weighted by Crippen LogP contribution is 2.55. The first-order chi connectivity index (χ1) is 44.8. The molecule has 91 heavy (non-hydrogen) atoms. The van der Waals surface area contributed by atoms with Gasteiger partial charge in [0.05, 0.1) is 22.4 Å². The molecule has 4 heterocycles. The molecule has 0 amide bonds. The Bertz CT molecular complexity index is 5200. The molecule has 2 aliphatic rings. The van der Waals surface area contributed by atoms with Gasteiger partial charge in [-0.2, -0.15) is 0 Å². The van der Waals surface area contributed by atoms with E-state index in [0.717, 1.165) is 109 Å². The lowest BCUT2D eigenvalue weighted by Gasteiger charge is -2.46. The van der Waals surface area contributed by atoms with Gasteiger partial charge in [-0.3, -0.25) is 0 Å². The zero-order valence-corrected chi connectivity index (χ0v) is 51.7. The van der Waals surface area contributed by atoms with Gasteiger partial charge < -0.3 is 18.8 Å². The van der Waals surface area contributed by atoms with E-state index >= 15 is 0 Å². The van der Waals surface area contributed by atoms with Crippen molar-refractivity contribution >= 4 is 101 Å². The SMILES string of the molecule is CCCCc1c(N2c3ccc(-c4ccccc4)cc3B3c4ccc(-n5c6ccccc6c6ccccc65)cc4N(c4c(-c5ccccc5)cc(-c5ccccc5)cc4-c4ccccc4)c4cc(C(C)(C)C)cc2c43)c(-c2ccccc2)cc2c1oc1ccccc12. The molecule has 0 fully saturated rings.